The van der Waals surface area contributed by atoms with Crippen LogP contribution in [0.1, 0.15) is 20.9 Å². The second kappa shape index (κ2) is 2.98. The van der Waals surface area contributed by atoms with Gasteiger partial charge in [-0.1, -0.05) is 0 Å². The third-order valence-corrected chi connectivity index (χ3v) is 1.16. The van der Waals surface area contributed by atoms with Crippen molar-refractivity contribution in [1.82, 2.24) is 5.43 Å². The average Bonchev–Trinajstić information content (AvgIpc) is 2.50. The molecule has 11 heavy (non-hydrogen) atoms. The van der Waals surface area contributed by atoms with Crippen LogP contribution in [0.4, 0.5) is 0 Å². The molecule has 0 atom stereocenters. The summed E-state index contributed by atoms with van der Waals surface area (Å²) in [5, 5.41) is 0. The number of rotatable bonds is 2. The van der Waals surface area contributed by atoms with Gasteiger partial charge in [-0.15, -0.1) is 0 Å². The van der Waals surface area contributed by atoms with Crippen molar-refractivity contribution in [3.8, 4) is 0 Å². The minimum Gasteiger partial charge on any atom is -0.458 e. The third-order valence-electron chi connectivity index (χ3n) is 1.16. The van der Waals surface area contributed by atoms with Gasteiger partial charge in [0.1, 0.15) is 0 Å². The molecule has 5 heteroatoms. The SMILES string of the molecule is NNC(=O)c1occc1C=O. The lowest BCUT2D eigenvalue weighted by atomic mass is 10.3. The molecule has 3 N–H and O–H groups in total. The summed E-state index contributed by atoms with van der Waals surface area (Å²) in [5.74, 6) is 4.13. The van der Waals surface area contributed by atoms with Crippen LogP contribution < -0.4 is 11.3 Å². The molecule has 0 aliphatic carbocycles. The molecule has 0 aliphatic rings. The van der Waals surface area contributed by atoms with E-state index in [9.17, 15) is 9.59 Å². The maximum atomic E-state index is 10.8. The van der Waals surface area contributed by atoms with Crippen LogP contribution in [0.25, 0.3) is 0 Å². The smallest absolute Gasteiger partial charge is 0.301 e. The Bertz CT molecular complexity index is 279. The minimum atomic E-state index is -0.614. The number of hydrogen-bond donors (Lipinski definition) is 2. The molecule has 58 valence electrons. The van der Waals surface area contributed by atoms with Crippen molar-refractivity contribution >= 4 is 12.2 Å². The lowest BCUT2D eigenvalue weighted by Gasteiger charge is -1.93. The van der Waals surface area contributed by atoms with Crippen molar-refractivity contribution in [2.24, 2.45) is 5.84 Å². The Morgan fingerprint density at radius 1 is 1.73 bits per heavy atom. The first-order valence-corrected chi connectivity index (χ1v) is 2.83. The van der Waals surface area contributed by atoms with Gasteiger partial charge in [0.05, 0.1) is 11.8 Å². The first-order valence-electron chi connectivity index (χ1n) is 2.83. The quantitative estimate of drug-likeness (QED) is 0.265. The lowest BCUT2D eigenvalue weighted by Crippen LogP contribution is -2.30. The number of aldehydes is 1. The molecule has 0 aromatic carbocycles. The molecule has 1 heterocycles. The minimum absolute atomic E-state index is 0.0671. The van der Waals surface area contributed by atoms with E-state index in [1.807, 2.05) is 5.43 Å². The Kier molecular flexibility index (Phi) is 2.03. The summed E-state index contributed by atoms with van der Waals surface area (Å²) in [6.07, 6.45) is 1.77. The maximum Gasteiger partial charge on any atom is 0.301 e. The van der Waals surface area contributed by atoms with Gasteiger partial charge in [0.15, 0.2) is 6.29 Å². The van der Waals surface area contributed by atoms with Crippen molar-refractivity contribution in [3.05, 3.63) is 23.7 Å². The normalized spacial score (nSPS) is 9.18. The number of hydrazine groups is 1. The average molecular weight is 154 g/mol. The lowest BCUT2D eigenvalue weighted by molar-refractivity contribution is 0.0920. The van der Waals surface area contributed by atoms with Gasteiger partial charge in [-0.2, -0.15) is 0 Å². The van der Waals surface area contributed by atoms with Crippen molar-refractivity contribution in [1.29, 1.82) is 0 Å². The number of hydrogen-bond acceptors (Lipinski definition) is 4. The van der Waals surface area contributed by atoms with Crippen LogP contribution in [-0.4, -0.2) is 12.2 Å². The summed E-state index contributed by atoms with van der Waals surface area (Å²) in [6, 6.07) is 1.39. The molecule has 1 rings (SSSR count). The fourth-order valence-electron chi connectivity index (χ4n) is 0.662. The highest BCUT2D eigenvalue weighted by Crippen LogP contribution is 2.06. The van der Waals surface area contributed by atoms with E-state index in [4.69, 9.17) is 5.84 Å². The van der Waals surface area contributed by atoms with E-state index in [0.29, 0.717) is 6.29 Å². The molecule has 5 nitrogen and oxygen atoms in total. The number of carbonyl (C=O) groups is 2. The van der Waals surface area contributed by atoms with Crippen LogP contribution in [0.3, 0.4) is 0 Å². The van der Waals surface area contributed by atoms with E-state index in [1.165, 1.54) is 12.3 Å². The number of amides is 1. The first kappa shape index (κ1) is 7.49. The van der Waals surface area contributed by atoms with E-state index in [2.05, 4.69) is 4.42 Å². The van der Waals surface area contributed by atoms with Crippen LogP contribution in [0.2, 0.25) is 0 Å². The Morgan fingerprint density at radius 2 is 2.45 bits per heavy atom. The highest BCUT2D eigenvalue weighted by molar-refractivity contribution is 5.98. The Hall–Kier alpha value is -1.62. The monoisotopic (exact) mass is 154 g/mol. The molecule has 0 radical (unpaired) electrons. The zero-order valence-corrected chi connectivity index (χ0v) is 5.53. The second-order valence-corrected chi connectivity index (χ2v) is 1.80. The molecule has 0 unspecified atom stereocenters. The van der Waals surface area contributed by atoms with Crippen molar-refractivity contribution < 1.29 is 14.0 Å². The zero-order valence-electron chi connectivity index (χ0n) is 5.53. The summed E-state index contributed by atoms with van der Waals surface area (Å²) in [5.41, 5.74) is 2.04. The van der Waals surface area contributed by atoms with Crippen LogP contribution in [-0.2, 0) is 0 Å². The van der Waals surface area contributed by atoms with Gasteiger partial charge in [0, 0.05) is 0 Å². The predicted molar refractivity (Wildman–Crippen MR) is 35.7 cm³/mol. The molecule has 0 bridgehead atoms. The van der Waals surface area contributed by atoms with Gasteiger partial charge < -0.3 is 4.42 Å². The van der Waals surface area contributed by atoms with Crippen LogP contribution >= 0.6 is 0 Å². The number of carbonyl (C=O) groups excluding carboxylic acids is 2. The molecular weight excluding hydrogens is 148 g/mol. The topological polar surface area (TPSA) is 85.3 Å². The summed E-state index contributed by atoms with van der Waals surface area (Å²) in [6.45, 7) is 0. The van der Waals surface area contributed by atoms with E-state index >= 15 is 0 Å². The molecule has 0 saturated heterocycles. The largest absolute Gasteiger partial charge is 0.458 e. The summed E-state index contributed by atoms with van der Waals surface area (Å²) >= 11 is 0. The summed E-state index contributed by atoms with van der Waals surface area (Å²) in [4.78, 5) is 21.0. The first-order chi connectivity index (χ1) is 5.29. The number of nitrogens with one attached hydrogen (secondary N) is 1. The Balaban J connectivity index is 3.01. The molecule has 0 saturated carbocycles. The Morgan fingerprint density at radius 3 is 3.00 bits per heavy atom. The fourth-order valence-corrected chi connectivity index (χ4v) is 0.662. The Labute approximate surface area is 62.1 Å². The van der Waals surface area contributed by atoms with Gasteiger partial charge in [0.2, 0.25) is 5.76 Å². The molecule has 1 amide bonds. The highest BCUT2D eigenvalue weighted by atomic mass is 16.3. The van der Waals surface area contributed by atoms with Crippen LogP contribution in [0.5, 0.6) is 0 Å². The molecule has 0 aliphatic heterocycles. The van der Waals surface area contributed by atoms with Gasteiger partial charge >= 0.3 is 5.91 Å². The number of nitrogen functional groups attached to an aromatic ring is 1. The maximum absolute atomic E-state index is 10.8. The van der Waals surface area contributed by atoms with E-state index < -0.39 is 5.91 Å². The predicted octanol–water partition coefficient (Wildman–Crippen LogP) is -0.304. The molecule has 1 aromatic rings. The van der Waals surface area contributed by atoms with Gasteiger partial charge in [-0.25, -0.2) is 5.84 Å². The van der Waals surface area contributed by atoms with Gasteiger partial charge in [-0.3, -0.25) is 15.0 Å². The molecule has 1 aromatic heterocycles. The molecule has 0 spiro atoms. The van der Waals surface area contributed by atoms with Crippen molar-refractivity contribution in [2.45, 2.75) is 0 Å². The number of furan rings is 1. The van der Waals surface area contributed by atoms with Crippen LogP contribution in [0, 0.1) is 0 Å². The second-order valence-electron chi connectivity index (χ2n) is 1.80. The van der Waals surface area contributed by atoms with Crippen molar-refractivity contribution in [2.75, 3.05) is 0 Å². The zero-order chi connectivity index (χ0) is 8.27. The van der Waals surface area contributed by atoms with E-state index in [-0.39, 0.29) is 11.3 Å². The third kappa shape index (κ3) is 1.27. The van der Waals surface area contributed by atoms with Gasteiger partial charge in [-0.05, 0) is 6.07 Å². The standard InChI is InChI=1S/C6H6N2O3/c7-8-6(10)5-4(3-9)1-2-11-5/h1-3H,7H2,(H,8,10). The highest BCUT2D eigenvalue weighted by Gasteiger charge is 2.12. The van der Waals surface area contributed by atoms with E-state index in [0.717, 1.165) is 0 Å². The molecule has 0 fully saturated rings. The van der Waals surface area contributed by atoms with Gasteiger partial charge in [0.25, 0.3) is 0 Å². The molecular formula is C6H6N2O3. The fraction of sp³-hybridized carbons (Fsp3) is 0. The number of nitrogens with two attached hydrogens (primary N) is 1. The summed E-state index contributed by atoms with van der Waals surface area (Å²) < 4.78 is 4.68. The van der Waals surface area contributed by atoms with Crippen molar-refractivity contribution in [3.63, 3.8) is 0 Å². The van der Waals surface area contributed by atoms with E-state index in [1.54, 1.807) is 0 Å². The van der Waals surface area contributed by atoms with Crippen LogP contribution in [0.15, 0.2) is 16.7 Å². The summed E-state index contributed by atoms with van der Waals surface area (Å²) in [7, 11) is 0.